The number of nitrogens with one attached hydrogen (secondary N) is 2. The predicted molar refractivity (Wildman–Crippen MR) is 95.1 cm³/mol. The van der Waals surface area contributed by atoms with E-state index < -0.39 is 31.8 Å². The van der Waals surface area contributed by atoms with Crippen LogP contribution in [0, 0.1) is 5.82 Å². The van der Waals surface area contributed by atoms with Crippen LogP contribution in [0.5, 0.6) is 0 Å². The molecule has 4 N–H and O–H groups in total. The number of sulfonamides is 1. The number of anilines is 1. The highest BCUT2D eigenvalue weighted by atomic mass is 32.2. The predicted octanol–water partition coefficient (Wildman–Crippen LogP) is 2.50. The molecule has 1 aromatic carbocycles. The van der Waals surface area contributed by atoms with Crippen LogP contribution in [0.4, 0.5) is 10.1 Å². The Morgan fingerprint density at radius 2 is 1.80 bits per heavy atom. The number of carbonyl (C=O) groups excluding carboxylic acids is 1. The molecule has 0 radical (unpaired) electrons. The number of benzene rings is 1. The van der Waals surface area contributed by atoms with Crippen LogP contribution < -0.4 is 15.8 Å². The van der Waals surface area contributed by atoms with Crippen LogP contribution in [0.1, 0.15) is 52.9 Å². The van der Waals surface area contributed by atoms with Crippen LogP contribution in [0.25, 0.3) is 0 Å². The van der Waals surface area contributed by atoms with Crippen molar-refractivity contribution in [2.45, 2.75) is 68.8 Å². The van der Waals surface area contributed by atoms with Gasteiger partial charge in [0.1, 0.15) is 10.7 Å². The molecule has 0 unspecified atom stereocenters. The smallest absolute Gasteiger partial charge is 0.244 e. The number of halogens is 1. The molecule has 25 heavy (non-hydrogen) atoms. The van der Waals surface area contributed by atoms with E-state index in [0.29, 0.717) is 12.8 Å². The fraction of sp³-hybridized carbons (Fsp3) is 0.588. The molecule has 6 nitrogen and oxygen atoms in total. The molecule has 1 amide bonds. The second-order valence-corrected chi connectivity index (χ2v) is 9.32. The summed E-state index contributed by atoms with van der Waals surface area (Å²) in [5.74, 6) is -1.25. The van der Waals surface area contributed by atoms with Gasteiger partial charge in [0, 0.05) is 11.2 Å². The molecule has 2 rings (SSSR count). The van der Waals surface area contributed by atoms with Crippen molar-refractivity contribution in [3.63, 3.8) is 0 Å². The maximum atomic E-state index is 14.1. The minimum atomic E-state index is -4.05. The van der Waals surface area contributed by atoms with Gasteiger partial charge in [-0.3, -0.25) is 4.79 Å². The van der Waals surface area contributed by atoms with Gasteiger partial charge in [-0.2, -0.15) is 0 Å². The standard InChI is InChI=1S/C17H26FN3O3S/c1-16(2,3)21-25(23,24)14-11-12(7-8-13(14)18)20-15(22)17(19)9-5-4-6-10-17/h7-8,11,21H,4-6,9-10,19H2,1-3H3,(H,20,22). The molecule has 8 heteroatoms. The van der Waals surface area contributed by atoms with E-state index >= 15 is 0 Å². The van der Waals surface area contributed by atoms with Crippen molar-refractivity contribution < 1.29 is 17.6 Å². The molecule has 0 aliphatic heterocycles. The molecular weight excluding hydrogens is 345 g/mol. The molecule has 1 aromatic rings. The summed E-state index contributed by atoms with van der Waals surface area (Å²) < 4.78 is 41.2. The Balaban J connectivity index is 2.25. The van der Waals surface area contributed by atoms with E-state index in [2.05, 4.69) is 10.0 Å². The van der Waals surface area contributed by atoms with E-state index in [-0.39, 0.29) is 11.6 Å². The maximum Gasteiger partial charge on any atom is 0.244 e. The lowest BCUT2D eigenvalue weighted by molar-refractivity contribution is -0.122. The van der Waals surface area contributed by atoms with Gasteiger partial charge in [0.25, 0.3) is 0 Å². The third-order valence-electron chi connectivity index (χ3n) is 4.12. The number of rotatable bonds is 4. The molecule has 1 aliphatic carbocycles. The summed E-state index contributed by atoms with van der Waals surface area (Å²) in [5, 5.41) is 2.63. The van der Waals surface area contributed by atoms with Gasteiger partial charge in [0.15, 0.2) is 0 Å². The van der Waals surface area contributed by atoms with Gasteiger partial charge in [-0.25, -0.2) is 17.5 Å². The molecule has 0 saturated heterocycles. The molecule has 1 saturated carbocycles. The van der Waals surface area contributed by atoms with Crippen LogP contribution in [-0.2, 0) is 14.8 Å². The average molecular weight is 371 g/mol. The summed E-state index contributed by atoms with van der Waals surface area (Å²) in [6, 6.07) is 3.47. The summed E-state index contributed by atoms with van der Waals surface area (Å²) in [5.41, 5.74) is 4.66. The first-order valence-corrected chi connectivity index (χ1v) is 9.85. The largest absolute Gasteiger partial charge is 0.324 e. The van der Waals surface area contributed by atoms with Gasteiger partial charge >= 0.3 is 0 Å². The molecule has 1 fully saturated rings. The van der Waals surface area contributed by atoms with E-state index in [0.717, 1.165) is 31.4 Å². The van der Waals surface area contributed by atoms with Crippen molar-refractivity contribution in [1.29, 1.82) is 0 Å². The Morgan fingerprint density at radius 1 is 1.20 bits per heavy atom. The molecule has 0 aromatic heterocycles. The van der Waals surface area contributed by atoms with Gasteiger partial charge < -0.3 is 11.1 Å². The Labute approximate surface area is 148 Å². The highest BCUT2D eigenvalue weighted by Gasteiger charge is 2.35. The zero-order chi connectivity index (χ0) is 18.9. The Hall–Kier alpha value is -1.51. The third kappa shape index (κ3) is 4.99. The number of hydrogen-bond donors (Lipinski definition) is 3. The van der Waals surface area contributed by atoms with Crippen LogP contribution >= 0.6 is 0 Å². The zero-order valence-corrected chi connectivity index (χ0v) is 15.7. The minimum absolute atomic E-state index is 0.205. The van der Waals surface area contributed by atoms with Crippen molar-refractivity contribution in [3.05, 3.63) is 24.0 Å². The SMILES string of the molecule is CC(C)(C)NS(=O)(=O)c1cc(NC(=O)C2(N)CCCCC2)ccc1F. The van der Waals surface area contributed by atoms with E-state index in [1.165, 1.54) is 6.07 Å². The normalized spacial score (nSPS) is 18.0. The average Bonchev–Trinajstić information content (AvgIpc) is 2.47. The van der Waals surface area contributed by atoms with Gasteiger partial charge in [-0.15, -0.1) is 0 Å². The maximum absolute atomic E-state index is 14.1. The van der Waals surface area contributed by atoms with Gasteiger partial charge in [0.2, 0.25) is 15.9 Å². The van der Waals surface area contributed by atoms with Crippen LogP contribution in [0.3, 0.4) is 0 Å². The fourth-order valence-corrected chi connectivity index (χ4v) is 4.43. The second-order valence-electron chi connectivity index (χ2n) is 7.67. The van der Waals surface area contributed by atoms with Crippen molar-refractivity contribution in [3.8, 4) is 0 Å². The summed E-state index contributed by atoms with van der Waals surface area (Å²) in [7, 11) is -4.05. The molecule has 0 bridgehead atoms. The number of carbonyl (C=O) groups is 1. The van der Waals surface area contributed by atoms with E-state index in [1.807, 2.05) is 0 Å². The van der Waals surface area contributed by atoms with Crippen LogP contribution in [0.2, 0.25) is 0 Å². The Morgan fingerprint density at radius 3 is 2.36 bits per heavy atom. The van der Waals surface area contributed by atoms with E-state index in [9.17, 15) is 17.6 Å². The molecule has 0 atom stereocenters. The third-order valence-corrected chi connectivity index (χ3v) is 5.89. The van der Waals surface area contributed by atoms with Crippen molar-refractivity contribution in [2.24, 2.45) is 5.73 Å². The number of nitrogens with two attached hydrogens (primary N) is 1. The zero-order valence-electron chi connectivity index (χ0n) is 14.9. The monoisotopic (exact) mass is 371 g/mol. The molecule has 140 valence electrons. The van der Waals surface area contributed by atoms with Crippen molar-refractivity contribution in [2.75, 3.05) is 5.32 Å². The first kappa shape index (κ1) is 19.8. The van der Waals surface area contributed by atoms with E-state index in [4.69, 9.17) is 5.73 Å². The topological polar surface area (TPSA) is 101 Å². The second kappa shape index (κ2) is 7.01. The highest BCUT2D eigenvalue weighted by Crippen LogP contribution is 2.28. The lowest BCUT2D eigenvalue weighted by Gasteiger charge is -2.31. The number of amides is 1. The lowest BCUT2D eigenvalue weighted by atomic mass is 9.82. The fourth-order valence-electron chi connectivity index (χ4n) is 2.91. The summed E-state index contributed by atoms with van der Waals surface area (Å²) in [4.78, 5) is 12.0. The van der Waals surface area contributed by atoms with Gasteiger partial charge in [-0.05, 0) is 51.8 Å². The quantitative estimate of drug-likeness (QED) is 0.757. The molecule has 1 aliphatic rings. The molecule has 0 spiro atoms. The Kier molecular flexibility index (Phi) is 5.56. The van der Waals surface area contributed by atoms with Crippen LogP contribution in [0.15, 0.2) is 23.1 Å². The summed E-state index contributed by atoms with van der Waals surface area (Å²) >= 11 is 0. The first-order chi connectivity index (χ1) is 11.4. The summed E-state index contributed by atoms with van der Waals surface area (Å²) in [6.45, 7) is 4.99. The first-order valence-electron chi connectivity index (χ1n) is 8.37. The molecular formula is C17H26FN3O3S. The summed E-state index contributed by atoms with van der Waals surface area (Å²) in [6.07, 6.45) is 3.96. The molecule has 0 heterocycles. The minimum Gasteiger partial charge on any atom is -0.324 e. The van der Waals surface area contributed by atoms with Gasteiger partial charge in [-0.1, -0.05) is 19.3 Å². The Bertz CT molecular complexity index is 751. The van der Waals surface area contributed by atoms with Gasteiger partial charge in [0.05, 0.1) is 5.54 Å². The lowest BCUT2D eigenvalue weighted by Crippen LogP contribution is -2.52. The van der Waals surface area contributed by atoms with Crippen molar-refractivity contribution in [1.82, 2.24) is 4.72 Å². The number of hydrogen-bond acceptors (Lipinski definition) is 4. The van der Waals surface area contributed by atoms with Crippen LogP contribution in [-0.4, -0.2) is 25.4 Å². The highest BCUT2D eigenvalue weighted by molar-refractivity contribution is 7.89. The van der Waals surface area contributed by atoms with Crippen molar-refractivity contribution >= 4 is 21.6 Å². The van der Waals surface area contributed by atoms with E-state index in [1.54, 1.807) is 20.8 Å².